The van der Waals surface area contributed by atoms with E-state index in [1.165, 1.54) is 37.8 Å². The van der Waals surface area contributed by atoms with Gasteiger partial charge in [-0.15, -0.1) is 0 Å². The first-order valence-electron chi connectivity index (χ1n) is 9.30. The Bertz CT molecular complexity index is 838. The fourth-order valence-electron chi connectivity index (χ4n) is 4.02. The molecule has 1 aromatic carbocycles. The van der Waals surface area contributed by atoms with Gasteiger partial charge in [-0.1, -0.05) is 0 Å². The van der Waals surface area contributed by atoms with Crippen LogP contribution in [0, 0.1) is 5.92 Å². The molecule has 27 heavy (non-hydrogen) atoms. The van der Waals surface area contributed by atoms with Crippen molar-refractivity contribution in [2.75, 3.05) is 13.1 Å². The normalized spacial score (nSPS) is 26.7. The van der Waals surface area contributed by atoms with E-state index in [-0.39, 0.29) is 17.7 Å². The molecule has 0 saturated carbocycles. The molecule has 0 aliphatic carbocycles. The number of nitrogens with zero attached hydrogens (tertiary/aromatic N) is 2. The molecule has 0 spiro atoms. The second-order valence-corrected chi connectivity index (χ2v) is 8.32. The number of aromatic nitrogens is 1. The number of hydrogen-bond donors (Lipinski definition) is 1. The van der Waals surface area contributed by atoms with Gasteiger partial charge in [-0.05, 0) is 74.8 Å². The van der Waals surface area contributed by atoms with Crippen LogP contribution in [0.5, 0.6) is 0 Å². The maximum atomic E-state index is 12.7. The minimum absolute atomic E-state index is 0.0212. The molecule has 3 aliphatic heterocycles. The van der Waals surface area contributed by atoms with E-state index in [1.54, 1.807) is 0 Å². The molecule has 4 heterocycles. The molecule has 2 atom stereocenters. The third-order valence-electron chi connectivity index (χ3n) is 5.64. The number of hydrogen-bond acceptors (Lipinski definition) is 6. The van der Waals surface area contributed by atoms with Crippen molar-refractivity contribution in [1.29, 1.82) is 0 Å². The predicted octanol–water partition coefficient (Wildman–Crippen LogP) is 3.24. The molecule has 6 nitrogen and oxygen atoms in total. The topological polar surface area (TPSA) is 75.4 Å². The largest absolute Gasteiger partial charge is 0.439 e. The van der Waals surface area contributed by atoms with Crippen LogP contribution in [0.3, 0.4) is 0 Å². The Hall–Kier alpha value is -2.12. The summed E-state index contributed by atoms with van der Waals surface area (Å²) in [5, 5.41) is 3.66. The molecular formula is C20H23N3O3S. The molecule has 7 heteroatoms. The number of oxazole rings is 1. The van der Waals surface area contributed by atoms with Gasteiger partial charge < -0.3 is 9.73 Å². The third kappa shape index (κ3) is 3.80. The first-order chi connectivity index (χ1) is 13.0. The molecule has 3 fully saturated rings. The molecule has 2 aromatic rings. The molecule has 142 valence electrons. The number of nitrogens with one attached hydrogen (secondary N) is 1. The summed E-state index contributed by atoms with van der Waals surface area (Å²) in [6.07, 6.45) is 3.70. The van der Waals surface area contributed by atoms with Crippen molar-refractivity contribution in [3.63, 3.8) is 0 Å². The highest BCUT2D eigenvalue weighted by Gasteiger charge is 2.40. The first-order valence-corrected chi connectivity index (χ1v) is 10.1. The molecule has 2 unspecified atom stereocenters. The number of benzene rings is 1. The smallest absolute Gasteiger partial charge is 0.261 e. The van der Waals surface area contributed by atoms with Gasteiger partial charge in [0.1, 0.15) is 12.0 Å². The highest BCUT2D eigenvalue weighted by molar-refractivity contribution is 7.99. The number of rotatable bonds is 5. The standard InChI is InChI=1S/C20H23N3O3S/c1-12-18(14-7-9-23(12)10-8-14)22-19(25)15-3-5-16(6-4-15)27-20-21-17(11-26-20)13(2)24/h3-6,11-12,14,18H,7-10H2,1-2H3,(H,22,25). The summed E-state index contributed by atoms with van der Waals surface area (Å²) in [7, 11) is 0. The minimum Gasteiger partial charge on any atom is -0.439 e. The van der Waals surface area contributed by atoms with Crippen molar-refractivity contribution in [2.45, 2.75) is 48.9 Å². The highest BCUT2D eigenvalue weighted by Crippen LogP contribution is 2.32. The summed E-state index contributed by atoms with van der Waals surface area (Å²) >= 11 is 1.32. The lowest BCUT2D eigenvalue weighted by atomic mass is 9.79. The van der Waals surface area contributed by atoms with E-state index >= 15 is 0 Å². The number of amides is 1. The Morgan fingerprint density at radius 1 is 1.22 bits per heavy atom. The average molecular weight is 385 g/mol. The number of ketones is 1. The van der Waals surface area contributed by atoms with E-state index in [1.807, 2.05) is 24.3 Å². The monoisotopic (exact) mass is 385 g/mol. The Labute approximate surface area is 162 Å². The van der Waals surface area contributed by atoms with Crippen LogP contribution in [-0.4, -0.2) is 46.7 Å². The summed E-state index contributed by atoms with van der Waals surface area (Å²) in [5.41, 5.74) is 0.972. The van der Waals surface area contributed by atoms with E-state index in [4.69, 9.17) is 4.42 Å². The zero-order valence-corrected chi connectivity index (χ0v) is 16.3. The lowest BCUT2D eigenvalue weighted by Gasteiger charge is -2.49. The second-order valence-electron chi connectivity index (χ2n) is 7.29. The van der Waals surface area contributed by atoms with Crippen LogP contribution >= 0.6 is 11.8 Å². The molecule has 2 bridgehead atoms. The number of carbonyl (C=O) groups is 2. The van der Waals surface area contributed by atoms with E-state index < -0.39 is 0 Å². The average Bonchev–Trinajstić information content (AvgIpc) is 3.14. The van der Waals surface area contributed by atoms with Gasteiger partial charge in [-0.25, -0.2) is 4.98 Å². The van der Waals surface area contributed by atoms with Crippen LogP contribution in [0.15, 0.2) is 45.1 Å². The van der Waals surface area contributed by atoms with Crippen molar-refractivity contribution >= 4 is 23.5 Å². The minimum atomic E-state index is -0.125. The van der Waals surface area contributed by atoms with Crippen molar-refractivity contribution in [2.24, 2.45) is 5.92 Å². The van der Waals surface area contributed by atoms with Gasteiger partial charge in [0, 0.05) is 29.5 Å². The summed E-state index contributed by atoms with van der Waals surface area (Å²) < 4.78 is 5.30. The van der Waals surface area contributed by atoms with Gasteiger partial charge in [0.15, 0.2) is 5.78 Å². The van der Waals surface area contributed by atoms with Crippen LogP contribution in [0.4, 0.5) is 0 Å². The molecule has 3 saturated heterocycles. The summed E-state index contributed by atoms with van der Waals surface area (Å²) in [6, 6.07) is 8.01. The maximum absolute atomic E-state index is 12.7. The van der Waals surface area contributed by atoms with Crippen molar-refractivity contribution < 1.29 is 14.0 Å². The SMILES string of the molecule is CC(=O)c1coc(Sc2ccc(C(=O)NC3C4CCN(CC4)C3C)cc2)n1. The maximum Gasteiger partial charge on any atom is 0.261 e. The second kappa shape index (κ2) is 7.48. The van der Waals surface area contributed by atoms with Crippen LogP contribution in [-0.2, 0) is 0 Å². The quantitative estimate of drug-likeness (QED) is 0.797. The predicted molar refractivity (Wildman–Crippen MR) is 102 cm³/mol. The zero-order chi connectivity index (χ0) is 19.0. The Balaban J connectivity index is 1.39. The molecule has 5 rings (SSSR count). The number of Topliss-reactive ketones (excluding diaryl/α,β-unsaturated/α-hetero) is 1. The fourth-order valence-corrected chi connectivity index (χ4v) is 4.74. The van der Waals surface area contributed by atoms with E-state index in [2.05, 4.69) is 22.1 Å². The van der Waals surface area contributed by atoms with Crippen LogP contribution in [0.2, 0.25) is 0 Å². The molecule has 1 aromatic heterocycles. The summed E-state index contributed by atoms with van der Waals surface area (Å²) in [5.74, 6) is 0.441. The van der Waals surface area contributed by atoms with Crippen LogP contribution in [0.1, 0.15) is 47.5 Å². The van der Waals surface area contributed by atoms with Crippen molar-refractivity contribution in [3.8, 4) is 0 Å². The van der Waals surface area contributed by atoms with Gasteiger partial charge in [-0.2, -0.15) is 0 Å². The lowest BCUT2D eigenvalue weighted by Crippen LogP contribution is -2.62. The molecule has 3 aliphatic rings. The fraction of sp³-hybridized carbons (Fsp3) is 0.450. The molecule has 1 N–H and O–H groups in total. The van der Waals surface area contributed by atoms with Crippen LogP contribution < -0.4 is 5.32 Å². The number of carbonyl (C=O) groups excluding carboxylic acids is 2. The summed E-state index contributed by atoms with van der Waals surface area (Å²) in [4.78, 5) is 31.5. The van der Waals surface area contributed by atoms with Gasteiger partial charge in [-0.3, -0.25) is 14.5 Å². The van der Waals surface area contributed by atoms with Gasteiger partial charge >= 0.3 is 0 Å². The van der Waals surface area contributed by atoms with Crippen LogP contribution in [0.25, 0.3) is 0 Å². The third-order valence-corrected chi connectivity index (χ3v) is 6.51. The first kappa shape index (κ1) is 18.3. The Kier molecular flexibility index (Phi) is 5.06. The van der Waals surface area contributed by atoms with E-state index in [9.17, 15) is 9.59 Å². The highest BCUT2D eigenvalue weighted by atomic mass is 32.2. The summed E-state index contributed by atoms with van der Waals surface area (Å²) in [6.45, 7) is 5.96. The zero-order valence-electron chi connectivity index (χ0n) is 15.5. The van der Waals surface area contributed by atoms with Crippen molar-refractivity contribution in [1.82, 2.24) is 15.2 Å². The Morgan fingerprint density at radius 2 is 1.93 bits per heavy atom. The van der Waals surface area contributed by atoms with E-state index in [0.29, 0.717) is 28.4 Å². The van der Waals surface area contributed by atoms with E-state index in [0.717, 1.165) is 18.0 Å². The van der Waals surface area contributed by atoms with Gasteiger partial charge in [0.05, 0.1) is 0 Å². The van der Waals surface area contributed by atoms with Gasteiger partial charge in [0.25, 0.3) is 11.1 Å². The van der Waals surface area contributed by atoms with Crippen molar-refractivity contribution in [3.05, 3.63) is 41.8 Å². The number of piperidine rings is 3. The molecule has 1 amide bonds. The Morgan fingerprint density at radius 3 is 2.52 bits per heavy atom. The van der Waals surface area contributed by atoms with Gasteiger partial charge in [0.2, 0.25) is 0 Å². The number of fused-ring (bicyclic) bond motifs is 3. The molecular weight excluding hydrogens is 362 g/mol. The lowest BCUT2D eigenvalue weighted by molar-refractivity contribution is 0.0217. The molecule has 0 radical (unpaired) electrons.